The van der Waals surface area contributed by atoms with Crippen molar-refractivity contribution in [2.24, 2.45) is 5.73 Å². The Labute approximate surface area is 98.9 Å². The molecule has 0 radical (unpaired) electrons. The zero-order valence-electron chi connectivity index (χ0n) is 8.50. The first-order valence-corrected chi connectivity index (χ1v) is 6.43. The number of carbonyl (C=O) groups is 1. The Morgan fingerprint density at radius 1 is 1.64 bits per heavy atom. The maximum atomic E-state index is 11.7. The van der Waals surface area contributed by atoms with Crippen LogP contribution in [0.4, 0.5) is 0 Å². The highest BCUT2D eigenvalue weighted by atomic mass is 127. The maximum absolute atomic E-state index is 11.7. The van der Waals surface area contributed by atoms with E-state index in [9.17, 15) is 4.79 Å². The Bertz CT molecular complexity index is 240. The van der Waals surface area contributed by atoms with Gasteiger partial charge in [0, 0.05) is 16.5 Å². The molecule has 1 aliphatic rings. The van der Waals surface area contributed by atoms with Crippen LogP contribution in [0.5, 0.6) is 0 Å². The molecular formula is C10H17IN2O. The minimum absolute atomic E-state index is 0.0788. The Morgan fingerprint density at radius 3 is 2.79 bits per heavy atom. The Balaban J connectivity index is 2.71. The molecule has 3 nitrogen and oxygen atoms in total. The monoisotopic (exact) mass is 308 g/mol. The Morgan fingerprint density at radius 2 is 2.29 bits per heavy atom. The van der Waals surface area contributed by atoms with E-state index in [2.05, 4.69) is 36.1 Å². The van der Waals surface area contributed by atoms with Gasteiger partial charge in [-0.3, -0.25) is 4.79 Å². The molecule has 1 rings (SSSR count). The summed E-state index contributed by atoms with van der Waals surface area (Å²) in [5.41, 5.74) is 5.61. The molecule has 0 spiro atoms. The number of hydrogen-bond acceptors (Lipinski definition) is 2. The lowest BCUT2D eigenvalue weighted by atomic mass is 10.1. The van der Waals surface area contributed by atoms with Crippen LogP contribution in [-0.4, -0.2) is 27.3 Å². The average Bonchev–Trinajstić information content (AvgIpc) is 2.47. The third-order valence-corrected chi connectivity index (χ3v) is 3.36. The smallest absolute Gasteiger partial charge is 0.269 e. The van der Waals surface area contributed by atoms with Gasteiger partial charge in [-0.1, -0.05) is 29.2 Å². The van der Waals surface area contributed by atoms with Gasteiger partial charge < -0.3 is 10.6 Å². The first kappa shape index (κ1) is 11.8. The van der Waals surface area contributed by atoms with Crippen LogP contribution in [0.15, 0.2) is 12.3 Å². The lowest BCUT2D eigenvalue weighted by molar-refractivity contribution is -0.129. The quantitative estimate of drug-likeness (QED) is 0.490. The summed E-state index contributed by atoms with van der Waals surface area (Å²) >= 11 is 2.34. The SMILES string of the molecule is C=C(N)C(=O)N1C(C)CCC1CCI. The molecule has 80 valence electrons. The van der Waals surface area contributed by atoms with E-state index in [1.54, 1.807) is 0 Å². The molecule has 1 aliphatic heterocycles. The van der Waals surface area contributed by atoms with E-state index in [0.717, 1.165) is 23.7 Å². The number of nitrogens with two attached hydrogens (primary N) is 1. The predicted octanol–water partition coefficient (Wildman–Crippen LogP) is 1.66. The van der Waals surface area contributed by atoms with Crippen LogP contribution in [-0.2, 0) is 4.79 Å². The minimum Gasteiger partial charge on any atom is -0.395 e. The molecule has 1 fully saturated rings. The molecule has 2 N–H and O–H groups in total. The summed E-state index contributed by atoms with van der Waals surface area (Å²) < 4.78 is 1.08. The molecule has 2 unspecified atom stereocenters. The van der Waals surface area contributed by atoms with Crippen LogP contribution < -0.4 is 5.73 Å². The fourth-order valence-corrected chi connectivity index (χ4v) is 2.73. The first-order valence-electron chi connectivity index (χ1n) is 4.91. The number of halogens is 1. The van der Waals surface area contributed by atoms with Gasteiger partial charge in [0.05, 0.1) is 5.70 Å². The van der Waals surface area contributed by atoms with Crippen LogP contribution in [0, 0.1) is 0 Å². The molecule has 1 amide bonds. The van der Waals surface area contributed by atoms with Crippen molar-refractivity contribution in [2.45, 2.75) is 38.3 Å². The molecule has 1 saturated heterocycles. The van der Waals surface area contributed by atoms with Crippen molar-refractivity contribution in [2.75, 3.05) is 4.43 Å². The maximum Gasteiger partial charge on any atom is 0.269 e. The second-order valence-corrected chi connectivity index (χ2v) is 4.87. The van der Waals surface area contributed by atoms with Crippen LogP contribution >= 0.6 is 22.6 Å². The summed E-state index contributed by atoms with van der Waals surface area (Å²) in [5.74, 6) is -0.0788. The van der Waals surface area contributed by atoms with Gasteiger partial charge in [0.1, 0.15) is 0 Å². The highest BCUT2D eigenvalue weighted by Crippen LogP contribution is 2.27. The van der Waals surface area contributed by atoms with Gasteiger partial charge in [0.2, 0.25) is 0 Å². The highest BCUT2D eigenvalue weighted by Gasteiger charge is 2.33. The third kappa shape index (κ3) is 2.40. The predicted molar refractivity (Wildman–Crippen MR) is 66.2 cm³/mol. The zero-order valence-corrected chi connectivity index (χ0v) is 10.7. The number of likely N-dealkylation sites (tertiary alicyclic amines) is 1. The van der Waals surface area contributed by atoms with Gasteiger partial charge in [-0.25, -0.2) is 0 Å². The van der Waals surface area contributed by atoms with Crippen molar-refractivity contribution in [1.29, 1.82) is 0 Å². The number of amides is 1. The van der Waals surface area contributed by atoms with Crippen molar-refractivity contribution < 1.29 is 4.79 Å². The Hall–Kier alpha value is -0.260. The summed E-state index contributed by atoms with van der Waals surface area (Å²) in [6.45, 7) is 5.59. The molecule has 2 atom stereocenters. The van der Waals surface area contributed by atoms with E-state index in [0.29, 0.717) is 12.1 Å². The van der Waals surface area contributed by atoms with Crippen molar-refractivity contribution >= 4 is 28.5 Å². The van der Waals surface area contributed by atoms with E-state index in [1.165, 1.54) is 0 Å². The summed E-state index contributed by atoms with van der Waals surface area (Å²) in [4.78, 5) is 13.6. The fraction of sp³-hybridized carbons (Fsp3) is 0.700. The molecule has 0 aromatic rings. The van der Waals surface area contributed by atoms with E-state index in [4.69, 9.17) is 5.73 Å². The summed E-state index contributed by atoms with van der Waals surface area (Å²) in [6.07, 6.45) is 3.24. The standard InChI is InChI=1S/C10H17IN2O/c1-7-3-4-9(5-6-11)13(7)10(14)8(2)12/h7,9H,2-6,12H2,1H3. The molecule has 14 heavy (non-hydrogen) atoms. The molecule has 0 aliphatic carbocycles. The van der Waals surface area contributed by atoms with E-state index < -0.39 is 0 Å². The number of nitrogens with zero attached hydrogens (tertiary/aromatic N) is 1. The topological polar surface area (TPSA) is 46.3 Å². The van der Waals surface area contributed by atoms with Gasteiger partial charge in [-0.2, -0.15) is 0 Å². The Kier molecular flexibility index (Phi) is 4.22. The fourth-order valence-electron chi connectivity index (χ4n) is 2.01. The lowest BCUT2D eigenvalue weighted by Crippen LogP contribution is -2.42. The van der Waals surface area contributed by atoms with Gasteiger partial charge in [0.25, 0.3) is 5.91 Å². The molecule has 0 aromatic carbocycles. The van der Waals surface area contributed by atoms with Crippen molar-refractivity contribution in [1.82, 2.24) is 4.90 Å². The normalized spacial score (nSPS) is 26.6. The summed E-state index contributed by atoms with van der Waals surface area (Å²) in [5, 5.41) is 0. The van der Waals surface area contributed by atoms with Gasteiger partial charge in [0.15, 0.2) is 0 Å². The molecule has 1 heterocycles. The third-order valence-electron chi connectivity index (χ3n) is 2.74. The second kappa shape index (κ2) is 5.00. The van der Waals surface area contributed by atoms with E-state index >= 15 is 0 Å². The number of rotatable bonds is 3. The summed E-state index contributed by atoms with van der Waals surface area (Å²) in [7, 11) is 0. The van der Waals surface area contributed by atoms with Crippen molar-refractivity contribution in [3.8, 4) is 0 Å². The molecule has 0 aromatic heterocycles. The summed E-state index contributed by atoms with van der Waals surface area (Å²) in [6, 6.07) is 0.686. The van der Waals surface area contributed by atoms with E-state index in [1.807, 2.05) is 4.90 Å². The molecule has 0 bridgehead atoms. The van der Waals surface area contributed by atoms with Gasteiger partial charge in [-0.05, 0) is 26.2 Å². The molecule has 4 heteroatoms. The van der Waals surface area contributed by atoms with Crippen LogP contribution in [0.2, 0.25) is 0 Å². The zero-order chi connectivity index (χ0) is 10.7. The van der Waals surface area contributed by atoms with Gasteiger partial charge in [-0.15, -0.1) is 0 Å². The molecular weight excluding hydrogens is 291 g/mol. The number of carbonyl (C=O) groups excluding carboxylic acids is 1. The number of alkyl halides is 1. The van der Waals surface area contributed by atoms with Crippen molar-refractivity contribution in [3.63, 3.8) is 0 Å². The second-order valence-electron chi connectivity index (χ2n) is 3.80. The molecule has 0 saturated carbocycles. The number of hydrogen-bond donors (Lipinski definition) is 1. The van der Waals surface area contributed by atoms with Crippen LogP contribution in [0.1, 0.15) is 26.2 Å². The van der Waals surface area contributed by atoms with Gasteiger partial charge >= 0.3 is 0 Å². The lowest BCUT2D eigenvalue weighted by Gasteiger charge is -2.28. The minimum atomic E-state index is -0.0788. The highest BCUT2D eigenvalue weighted by molar-refractivity contribution is 14.1. The first-order chi connectivity index (χ1) is 6.57. The largest absolute Gasteiger partial charge is 0.395 e. The van der Waals surface area contributed by atoms with Crippen LogP contribution in [0.25, 0.3) is 0 Å². The average molecular weight is 308 g/mol. The van der Waals surface area contributed by atoms with Crippen molar-refractivity contribution in [3.05, 3.63) is 12.3 Å². The van der Waals surface area contributed by atoms with E-state index in [-0.39, 0.29) is 11.6 Å². The van der Waals surface area contributed by atoms with Crippen LogP contribution in [0.3, 0.4) is 0 Å².